The number of anilines is 2. The number of pyridine rings is 1. The van der Waals surface area contributed by atoms with E-state index in [1.54, 1.807) is 0 Å². The fraction of sp³-hybridized carbons (Fsp3) is 0.235. The third-order valence-corrected chi connectivity index (χ3v) is 4.75. The molecule has 0 spiro atoms. The van der Waals surface area contributed by atoms with Gasteiger partial charge in [-0.15, -0.1) is 0 Å². The molecule has 0 bridgehead atoms. The molecule has 0 amide bonds. The summed E-state index contributed by atoms with van der Waals surface area (Å²) < 4.78 is 4.50. The van der Waals surface area contributed by atoms with Gasteiger partial charge in [-0.3, -0.25) is 0 Å². The van der Waals surface area contributed by atoms with E-state index in [1.807, 2.05) is 48.7 Å². The molecule has 0 unspecified atom stereocenters. The monoisotopic (exact) mass is 323 g/mol. The van der Waals surface area contributed by atoms with E-state index in [0.29, 0.717) is 0 Å². The van der Waals surface area contributed by atoms with E-state index in [0.717, 1.165) is 48.5 Å². The normalized spacial score (nSPS) is 15.0. The van der Waals surface area contributed by atoms with Crippen LogP contribution < -0.4 is 9.80 Å². The molecule has 0 N–H and O–H groups in total. The third-order valence-electron chi connectivity index (χ3n) is 3.97. The molecule has 1 saturated heterocycles. The topological polar surface area (TPSA) is 45.2 Å². The summed E-state index contributed by atoms with van der Waals surface area (Å²) in [6.45, 7) is 3.80. The van der Waals surface area contributed by atoms with Gasteiger partial charge >= 0.3 is 0 Å². The molecule has 1 aliphatic heterocycles. The Labute approximate surface area is 139 Å². The zero-order chi connectivity index (χ0) is 15.5. The molecule has 6 heteroatoms. The fourth-order valence-corrected chi connectivity index (χ4v) is 3.46. The van der Waals surface area contributed by atoms with Crippen LogP contribution in [0.1, 0.15) is 0 Å². The summed E-state index contributed by atoms with van der Waals surface area (Å²) >= 11 is 1.48. The number of hydrogen-bond donors (Lipinski definition) is 0. The molecule has 3 aromatic rings. The van der Waals surface area contributed by atoms with Crippen molar-refractivity contribution in [1.29, 1.82) is 0 Å². The lowest BCUT2D eigenvalue weighted by atomic mass is 10.2. The number of rotatable bonds is 3. The molecule has 23 heavy (non-hydrogen) atoms. The highest BCUT2D eigenvalue weighted by Crippen LogP contribution is 2.25. The number of aromatic nitrogens is 3. The smallest absolute Gasteiger partial charge is 0.205 e. The Morgan fingerprint density at radius 2 is 1.57 bits per heavy atom. The number of hydrogen-bond acceptors (Lipinski definition) is 6. The summed E-state index contributed by atoms with van der Waals surface area (Å²) in [4.78, 5) is 13.8. The Hall–Kier alpha value is -2.47. The van der Waals surface area contributed by atoms with Crippen LogP contribution in [0, 0.1) is 0 Å². The van der Waals surface area contributed by atoms with Gasteiger partial charge in [0.05, 0.1) is 0 Å². The van der Waals surface area contributed by atoms with Crippen LogP contribution >= 0.6 is 11.5 Å². The van der Waals surface area contributed by atoms with Crippen molar-refractivity contribution >= 4 is 22.5 Å². The predicted molar refractivity (Wildman–Crippen MR) is 94.0 cm³/mol. The van der Waals surface area contributed by atoms with Gasteiger partial charge in [0.15, 0.2) is 5.82 Å². The van der Waals surface area contributed by atoms with Crippen LogP contribution in [0.15, 0.2) is 54.7 Å². The van der Waals surface area contributed by atoms with Crippen molar-refractivity contribution < 1.29 is 0 Å². The quantitative estimate of drug-likeness (QED) is 0.741. The maximum atomic E-state index is 4.70. The first kappa shape index (κ1) is 14.1. The van der Waals surface area contributed by atoms with Gasteiger partial charge in [-0.25, -0.2) is 4.98 Å². The maximum Gasteiger partial charge on any atom is 0.205 e. The van der Waals surface area contributed by atoms with Crippen molar-refractivity contribution in [1.82, 2.24) is 14.3 Å². The van der Waals surface area contributed by atoms with Gasteiger partial charge in [0, 0.05) is 49.5 Å². The van der Waals surface area contributed by atoms with E-state index in [1.165, 1.54) is 11.5 Å². The van der Waals surface area contributed by atoms with Gasteiger partial charge in [-0.2, -0.15) is 9.36 Å². The van der Waals surface area contributed by atoms with Crippen LogP contribution in [0.2, 0.25) is 0 Å². The van der Waals surface area contributed by atoms with Gasteiger partial charge in [0.2, 0.25) is 5.13 Å². The van der Waals surface area contributed by atoms with Crippen molar-refractivity contribution in [3.05, 3.63) is 54.7 Å². The second-order valence-electron chi connectivity index (χ2n) is 5.43. The SMILES string of the molecule is c1ccc(-c2nsc(N3CCN(c4ccccn4)CC3)n2)cc1. The van der Waals surface area contributed by atoms with Crippen LogP contribution in [0.25, 0.3) is 11.4 Å². The van der Waals surface area contributed by atoms with E-state index in [-0.39, 0.29) is 0 Å². The van der Waals surface area contributed by atoms with Gasteiger partial charge < -0.3 is 9.80 Å². The lowest BCUT2D eigenvalue weighted by Gasteiger charge is -2.34. The molecule has 3 heterocycles. The van der Waals surface area contributed by atoms with Crippen molar-refractivity contribution in [2.24, 2.45) is 0 Å². The predicted octanol–water partition coefficient (Wildman–Crippen LogP) is 2.93. The first-order valence-corrected chi connectivity index (χ1v) is 8.47. The number of nitrogens with zero attached hydrogens (tertiary/aromatic N) is 5. The summed E-state index contributed by atoms with van der Waals surface area (Å²) in [5.41, 5.74) is 1.07. The molecular weight excluding hydrogens is 306 g/mol. The molecule has 1 fully saturated rings. The summed E-state index contributed by atoms with van der Waals surface area (Å²) in [6, 6.07) is 16.2. The third kappa shape index (κ3) is 3.03. The highest BCUT2D eigenvalue weighted by molar-refractivity contribution is 7.09. The molecule has 2 aromatic heterocycles. The lowest BCUT2D eigenvalue weighted by Crippen LogP contribution is -2.46. The summed E-state index contributed by atoms with van der Waals surface area (Å²) in [5.74, 6) is 1.87. The first-order chi connectivity index (χ1) is 11.4. The van der Waals surface area contributed by atoms with Gasteiger partial charge in [0.1, 0.15) is 5.82 Å². The van der Waals surface area contributed by atoms with Crippen molar-refractivity contribution in [2.45, 2.75) is 0 Å². The van der Waals surface area contributed by atoms with Crippen molar-refractivity contribution in [3.63, 3.8) is 0 Å². The van der Waals surface area contributed by atoms with E-state index < -0.39 is 0 Å². The van der Waals surface area contributed by atoms with Crippen molar-refractivity contribution in [3.8, 4) is 11.4 Å². The standard InChI is InChI=1S/C17H17N5S/c1-2-6-14(7-3-1)16-19-17(23-20-16)22-12-10-21(11-13-22)15-8-4-5-9-18-15/h1-9H,10-13H2. The van der Waals surface area contributed by atoms with Crippen molar-refractivity contribution in [2.75, 3.05) is 36.0 Å². The molecule has 5 nitrogen and oxygen atoms in total. The largest absolute Gasteiger partial charge is 0.353 e. The molecule has 0 aliphatic carbocycles. The molecular formula is C17H17N5S. The van der Waals surface area contributed by atoms with E-state index in [4.69, 9.17) is 4.98 Å². The Bertz CT molecular complexity index is 751. The second-order valence-corrected chi connectivity index (χ2v) is 6.16. The van der Waals surface area contributed by atoms with Gasteiger partial charge in [-0.1, -0.05) is 36.4 Å². The molecule has 0 atom stereocenters. The molecule has 4 rings (SSSR count). The zero-order valence-electron chi connectivity index (χ0n) is 12.7. The maximum absolute atomic E-state index is 4.70. The minimum Gasteiger partial charge on any atom is -0.353 e. The van der Waals surface area contributed by atoms with Gasteiger partial charge in [0.25, 0.3) is 0 Å². The minimum atomic E-state index is 0.817. The molecule has 0 radical (unpaired) electrons. The highest BCUT2D eigenvalue weighted by Gasteiger charge is 2.21. The number of benzene rings is 1. The van der Waals surface area contributed by atoms with E-state index >= 15 is 0 Å². The Balaban J connectivity index is 1.44. The lowest BCUT2D eigenvalue weighted by molar-refractivity contribution is 0.646. The van der Waals surface area contributed by atoms with Crippen LogP contribution in [0.3, 0.4) is 0 Å². The van der Waals surface area contributed by atoms with Gasteiger partial charge in [-0.05, 0) is 12.1 Å². The molecule has 116 valence electrons. The fourth-order valence-electron chi connectivity index (χ4n) is 2.72. The highest BCUT2D eigenvalue weighted by atomic mass is 32.1. The summed E-state index contributed by atoms with van der Waals surface area (Å²) in [6.07, 6.45) is 1.85. The minimum absolute atomic E-state index is 0.817. The second kappa shape index (κ2) is 6.34. The molecule has 1 aromatic carbocycles. The number of piperazine rings is 1. The van der Waals surface area contributed by atoms with Crippen LogP contribution in [-0.2, 0) is 0 Å². The summed E-state index contributed by atoms with van der Waals surface area (Å²) in [7, 11) is 0. The van der Waals surface area contributed by atoms with E-state index in [9.17, 15) is 0 Å². The molecule has 0 saturated carbocycles. The first-order valence-electron chi connectivity index (χ1n) is 7.70. The Morgan fingerprint density at radius 1 is 0.826 bits per heavy atom. The Morgan fingerprint density at radius 3 is 2.30 bits per heavy atom. The average molecular weight is 323 g/mol. The summed E-state index contributed by atoms with van der Waals surface area (Å²) in [5, 5.41) is 1.00. The van der Waals surface area contributed by atoms with E-state index in [2.05, 4.69) is 25.2 Å². The van der Waals surface area contributed by atoms with Crippen LogP contribution in [0.4, 0.5) is 10.9 Å². The van der Waals surface area contributed by atoms with Crippen LogP contribution in [0.5, 0.6) is 0 Å². The zero-order valence-corrected chi connectivity index (χ0v) is 13.5. The average Bonchev–Trinajstić information content (AvgIpc) is 3.14. The molecule has 1 aliphatic rings. The van der Waals surface area contributed by atoms with Crippen LogP contribution in [-0.4, -0.2) is 40.5 Å². The Kier molecular flexibility index (Phi) is 3.90.